The van der Waals surface area contributed by atoms with E-state index in [4.69, 9.17) is 4.74 Å². The summed E-state index contributed by atoms with van der Waals surface area (Å²) in [4.78, 5) is 14.4. The average Bonchev–Trinajstić information content (AvgIpc) is 2.92. The zero-order valence-corrected chi connectivity index (χ0v) is 12.8. The summed E-state index contributed by atoms with van der Waals surface area (Å²) < 4.78 is 5.42. The van der Waals surface area contributed by atoms with Gasteiger partial charge in [-0.05, 0) is 25.0 Å². The summed E-state index contributed by atoms with van der Waals surface area (Å²) >= 11 is 0. The zero-order chi connectivity index (χ0) is 14.8. The Balaban J connectivity index is 2.19. The number of nitrogens with zero attached hydrogens (tertiary/aromatic N) is 1. The molecule has 1 aromatic rings. The van der Waals surface area contributed by atoms with Crippen molar-refractivity contribution in [1.82, 2.24) is 0 Å². The average molecular weight is 276 g/mol. The summed E-state index contributed by atoms with van der Waals surface area (Å²) in [6, 6.07) is 5.98. The normalized spacial score (nSPS) is 15.3. The number of anilines is 2. The van der Waals surface area contributed by atoms with Crippen molar-refractivity contribution >= 4 is 17.3 Å². The molecule has 0 unspecified atom stereocenters. The van der Waals surface area contributed by atoms with Gasteiger partial charge in [0.2, 0.25) is 5.91 Å². The summed E-state index contributed by atoms with van der Waals surface area (Å²) in [7, 11) is 1.63. The van der Waals surface area contributed by atoms with Gasteiger partial charge < -0.3 is 15.0 Å². The number of carbonyl (C=O) groups is 1. The maximum atomic E-state index is 12.1. The van der Waals surface area contributed by atoms with Gasteiger partial charge in [0.15, 0.2) is 0 Å². The minimum atomic E-state index is -0.418. The van der Waals surface area contributed by atoms with Crippen molar-refractivity contribution in [3.63, 3.8) is 0 Å². The minimum absolute atomic E-state index is 0.00952. The molecule has 1 N–H and O–H groups in total. The first-order valence-corrected chi connectivity index (χ1v) is 7.16. The van der Waals surface area contributed by atoms with Gasteiger partial charge in [-0.1, -0.05) is 20.8 Å². The van der Waals surface area contributed by atoms with Crippen LogP contribution in [0.15, 0.2) is 18.2 Å². The second kappa shape index (κ2) is 5.73. The Kier molecular flexibility index (Phi) is 4.21. The van der Waals surface area contributed by atoms with Crippen LogP contribution in [0.5, 0.6) is 5.75 Å². The fourth-order valence-corrected chi connectivity index (χ4v) is 2.27. The van der Waals surface area contributed by atoms with E-state index in [-0.39, 0.29) is 5.91 Å². The van der Waals surface area contributed by atoms with Crippen LogP contribution in [0, 0.1) is 5.41 Å². The summed E-state index contributed by atoms with van der Waals surface area (Å²) in [6.45, 7) is 7.88. The molecular formula is C16H24N2O2. The predicted octanol–water partition coefficient (Wildman–Crippen LogP) is 3.28. The van der Waals surface area contributed by atoms with Gasteiger partial charge in [0.05, 0.1) is 12.8 Å². The molecule has 0 radical (unpaired) electrons. The van der Waals surface area contributed by atoms with E-state index in [0.717, 1.165) is 24.5 Å². The largest absolute Gasteiger partial charge is 0.494 e. The first-order valence-electron chi connectivity index (χ1n) is 7.16. The van der Waals surface area contributed by atoms with Gasteiger partial charge in [-0.3, -0.25) is 4.79 Å². The number of hydrogen-bond donors (Lipinski definition) is 1. The first-order chi connectivity index (χ1) is 9.41. The molecule has 0 saturated carbocycles. The van der Waals surface area contributed by atoms with Crippen molar-refractivity contribution in [2.75, 3.05) is 30.4 Å². The highest BCUT2D eigenvalue weighted by atomic mass is 16.5. The van der Waals surface area contributed by atoms with Crippen LogP contribution in [0.1, 0.15) is 33.6 Å². The van der Waals surface area contributed by atoms with E-state index >= 15 is 0 Å². The number of nitrogens with one attached hydrogen (secondary N) is 1. The van der Waals surface area contributed by atoms with Crippen LogP contribution in [0.25, 0.3) is 0 Å². The van der Waals surface area contributed by atoms with Crippen molar-refractivity contribution in [3.8, 4) is 5.75 Å². The van der Waals surface area contributed by atoms with E-state index in [1.165, 1.54) is 12.8 Å². The molecule has 4 heteroatoms. The third-order valence-corrected chi connectivity index (χ3v) is 3.59. The van der Waals surface area contributed by atoms with Gasteiger partial charge in [0.25, 0.3) is 0 Å². The molecule has 1 aromatic carbocycles. The lowest BCUT2D eigenvalue weighted by Gasteiger charge is -2.22. The highest BCUT2D eigenvalue weighted by Gasteiger charge is 2.22. The maximum Gasteiger partial charge on any atom is 0.229 e. The second-order valence-electron chi connectivity index (χ2n) is 6.28. The fourth-order valence-electron chi connectivity index (χ4n) is 2.27. The summed E-state index contributed by atoms with van der Waals surface area (Å²) in [5.41, 5.74) is 1.47. The predicted molar refractivity (Wildman–Crippen MR) is 82.5 cm³/mol. The highest BCUT2D eigenvalue weighted by molar-refractivity contribution is 5.96. The van der Waals surface area contributed by atoms with Crippen molar-refractivity contribution < 1.29 is 9.53 Å². The molecule has 0 spiro atoms. The Hall–Kier alpha value is -1.71. The molecule has 4 nitrogen and oxygen atoms in total. The van der Waals surface area contributed by atoms with E-state index in [9.17, 15) is 4.79 Å². The number of benzene rings is 1. The van der Waals surface area contributed by atoms with Gasteiger partial charge in [0.1, 0.15) is 5.75 Å². The summed E-state index contributed by atoms with van der Waals surface area (Å²) in [5, 5.41) is 2.94. The Morgan fingerprint density at radius 1 is 1.25 bits per heavy atom. The smallest absolute Gasteiger partial charge is 0.229 e. The monoisotopic (exact) mass is 276 g/mol. The molecule has 1 fully saturated rings. The molecule has 0 bridgehead atoms. The molecule has 1 saturated heterocycles. The number of rotatable bonds is 3. The molecule has 0 atom stereocenters. The molecule has 1 amide bonds. The SMILES string of the molecule is COc1cc(N2CCCC2)ccc1NC(=O)C(C)(C)C. The Morgan fingerprint density at radius 2 is 1.90 bits per heavy atom. The Labute approximate surface area is 121 Å². The van der Waals surface area contributed by atoms with Gasteiger partial charge in [-0.15, -0.1) is 0 Å². The van der Waals surface area contributed by atoms with Crippen LogP contribution in [0.2, 0.25) is 0 Å². The quantitative estimate of drug-likeness (QED) is 0.921. The van der Waals surface area contributed by atoms with Crippen molar-refractivity contribution in [1.29, 1.82) is 0 Å². The number of ether oxygens (including phenoxy) is 1. The number of hydrogen-bond acceptors (Lipinski definition) is 3. The lowest BCUT2D eigenvalue weighted by Crippen LogP contribution is -2.27. The van der Waals surface area contributed by atoms with Crippen LogP contribution >= 0.6 is 0 Å². The second-order valence-corrected chi connectivity index (χ2v) is 6.28. The van der Waals surface area contributed by atoms with Crippen molar-refractivity contribution in [2.24, 2.45) is 5.41 Å². The van der Waals surface area contributed by atoms with Crippen LogP contribution in [0.3, 0.4) is 0 Å². The molecule has 1 heterocycles. The van der Waals surface area contributed by atoms with E-state index in [1.807, 2.05) is 39.0 Å². The van der Waals surface area contributed by atoms with Crippen molar-refractivity contribution in [2.45, 2.75) is 33.6 Å². The topological polar surface area (TPSA) is 41.6 Å². The number of amides is 1. The zero-order valence-electron chi connectivity index (χ0n) is 12.8. The molecule has 110 valence electrons. The van der Waals surface area contributed by atoms with Crippen molar-refractivity contribution in [3.05, 3.63) is 18.2 Å². The maximum absolute atomic E-state index is 12.1. The molecule has 20 heavy (non-hydrogen) atoms. The third kappa shape index (κ3) is 3.24. The lowest BCUT2D eigenvalue weighted by molar-refractivity contribution is -0.123. The van der Waals surface area contributed by atoms with E-state index in [2.05, 4.69) is 10.2 Å². The Morgan fingerprint density at radius 3 is 2.45 bits per heavy atom. The molecule has 1 aliphatic rings. The minimum Gasteiger partial charge on any atom is -0.494 e. The van der Waals surface area contributed by atoms with Crippen LogP contribution in [0.4, 0.5) is 11.4 Å². The molecule has 0 aliphatic carbocycles. The van der Waals surface area contributed by atoms with Gasteiger partial charge in [-0.25, -0.2) is 0 Å². The van der Waals surface area contributed by atoms with Gasteiger partial charge in [-0.2, -0.15) is 0 Å². The van der Waals surface area contributed by atoms with E-state index in [0.29, 0.717) is 5.75 Å². The van der Waals surface area contributed by atoms with E-state index < -0.39 is 5.41 Å². The highest BCUT2D eigenvalue weighted by Crippen LogP contribution is 2.32. The first kappa shape index (κ1) is 14.7. The molecule has 0 aromatic heterocycles. The van der Waals surface area contributed by atoms with Gasteiger partial charge in [0, 0.05) is 30.3 Å². The molecule has 2 rings (SSSR count). The van der Waals surface area contributed by atoms with Crippen LogP contribution < -0.4 is 15.0 Å². The van der Waals surface area contributed by atoms with Crippen LogP contribution in [-0.4, -0.2) is 26.1 Å². The lowest BCUT2D eigenvalue weighted by atomic mass is 9.95. The number of methoxy groups -OCH3 is 1. The standard InChI is InChI=1S/C16H24N2O2/c1-16(2,3)15(19)17-13-8-7-12(11-14(13)20-4)18-9-5-6-10-18/h7-8,11H,5-6,9-10H2,1-4H3,(H,17,19). The van der Waals surface area contributed by atoms with Gasteiger partial charge >= 0.3 is 0 Å². The summed E-state index contributed by atoms with van der Waals surface area (Å²) in [5.74, 6) is 0.705. The summed E-state index contributed by atoms with van der Waals surface area (Å²) in [6.07, 6.45) is 2.48. The fraction of sp³-hybridized carbons (Fsp3) is 0.562. The Bertz CT molecular complexity index is 486. The molecule has 1 aliphatic heterocycles. The third-order valence-electron chi connectivity index (χ3n) is 3.59. The van der Waals surface area contributed by atoms with Crippen LogP contribution in [-0.2, 0) is 4.79 Å². The molecular weight excluding hydrogens is 252 g/mol. The number of carbonyl (C=O) groups excluding carboxylic acids is 1. The van der Waals surface area contributed by atoms with E-state index in [1.54, 1.807) is 7.11 Å².